The van der Waals surface area contributed by atoms with Gasteiger partial charge in [-0.15, -0.1) is 35.3 Å². The molecule has 1 heterocycles. The third-order valence-corrected chi connectivity index (χ3v) is 5.18. The number of hydrogen-bond acceptors (Lipinski definition) is 4. The molecule has 0 saturated heterocycles. The van der Waals surface area contributed by atoms with Gasteiger partial charge in [-0.3, -0.25) is 0 Å². The molecular formula is C21H33IN4OS. The van der Waals surface area contributed by atoms with Crippen LogP contribution in [-0.4, -0.2) is 51.2 Å². The summed E-state index contributed by atoms with van der Waals surface area (Å²) in [6.45, 7) is 8.22. The normalized spacial score (nSPS) is 12.4. The van der Waals surface area contributed by atoms with Crippen LogP contribution < -0.4 is 15.4 Å². The van der Waals surface area contributed by atoms with Crippen molar-refractivity contribution in [2.24, 2.45) is 4.99 Å². The zero-order valence-corrected chi connectivity index (χ0v) is 20.4. The second-order valence-corrected chi connectivity index (χ2v) is 7.77. The molecule has 2 aromatic rings. The van der Waals surface area contributed by atoms with E-state index in [1.807, 2.05) is 26.2 Å². The van der Waals surface area contributed by atoms with Crippen LogP contribution >= 0.6 is 35.3 Å². The Balaban J connectivity index is 0.00000392. The molecule has 0 aliphatic heterocycles. The molecule has 28 heavy (non-hydrogen) atoms. The van der Waals surface area contributed by atoms with Crippen LogP contribution in [0.25, 0.3) is 0 Å². The van der Waals surface area contributed by atoms with Gasteiger partial charge in [0.1, 0.15) is 12.4 Å². The molecule has 0 aliphatic carbocycles. The highest BCUT2D eigenvalue weighted by atomic mass is 127. The maximum absolute atomic E-state index is 5.81. The molecule has 5 nitrogen and oxygen atoms in total. The lowest BCUT2D eigenvalue weighted by atomic mass is 10.1. The second-order valence-electron chi connectivity index (χ2n) is 6.79. The van der Waals surface area contributed by atoms with Crippen molar-refractivity contribution >= 4 is 41.3 Å². The van der Waals surface area contributed by atoms with Gasteiger partial charge in [0.2, 0.25) is 0 Å². The molecular weight excluding hydrogens is 483 g/mol. The summed E-state index contributed by atoms with van der Waals surface area (Å²) >= 11 is 1.80. The van der Waals surface area contributed by atoms with E-state index in [2.05, 4.69) is 59.0 Å². The number of halogens is 1. The molecule has 0 radical (unpaired) electrons. The number of benzene rings is 1. The Morgan fingerprint density at radius 3 is 2.71 bits per heavy atom. The Labute approximate surface area is 190 Å². The smallest absolute Gasteiger partial charge is 0.191 e. The van der Waals surface area contributed by atoms with Crippen LogP contribution in [0.4, 0.5) is 0 Å². The van der Waals surface area contributed by atoms with Crippen LogP contribution in [0.1, 0.15) is 30.2 Å². The fraction of sp³-hybridized carbons (Fsp3) is 0.476. The zero-order valence-electron chi connectivity index (χ0n) is 17.3. The van der Waals surface area contributed by atoms with Gasteiger partial charge >= 0.3 is 0 Å². The van der Waals surface area contributed by atoms with E-state index >= 15 is 0 Å². The molecule has 2 N–H and O–H groups in total. The molecule has 156 valence electrons. The summed E-state index contributed by atoms with van der Waals surface area (Å²) in [5.41, 5.74) is 1.14. The van der Waals surface area contributed by atoms with Gasteiger partial charge in [-0.2, -0.15) is 0 Å². The minimum absolute atomic E-state index is 0. The first kappa shape index (κ1) is 24.7. The quantitative estimate of drug-likeness (QED) is 0.283. The highest BCUT2D eigenvalue weighted by molar-refractivity contribution is 14.0. The number of hydrogen-bond donors (Lipinski definition) is 2. The van der Waals surface area contributed by atoms with Gasteiger partial charge in [-0.05, 0) is 50.2 Å². The number of rotatable bonds is 10. The Morgan fingerprint density at radius 1 is 1.21 bits per heavy atom. The lowest BCUT2D eigenvalue weighted by Gasteiger charge is -2.15. The van der Waals surface area contributed by atoms with E-state index in [0.717, 1.165) is 36.9 Å². The van der Waals surface area contributed by atoms with E-state index in [1.165, 1.54) is 4.88 Å². The van der Waals surface area contributed by atoms with Crippen molar-refractivity contribution in [3.63, 3.8) is 0 Å². The average molecular weight is 516 g/mol. The summed E-state index contributed by atoms with van der Waals surface area (Å²) < 4.78 is 5.81. The van der Waals surface area contributed by atoms with Gasteiger partial charge in [0, 0.05) is 30.4 Å². The van der Waals surface area contributed by atoms with Gasteiger partial charge in [-0.25, -0.2) is 4.99 Å². The van der Waals surface area contributed by atoms with Crippen LogP contribution in [0.15, 0.2) is 46.8 Å². The number of aliphatic imine (C=N–C) groups is 1. The van der Waals surface area contributed by atoms with E-state index in [9.17, 15) is 0 Å². The van der Waals surface area contributed by atoms with Crippen molar-refractivity contribution in [2.75, 3.05) is 40.3 Å². The van der Waals surface area contributed by atoms with E-state index < -0.39 is 0 Å². The number of guanidine groups is 1. The first-order chi connectivity index (χ1) is 13.1. The Morgan fingerprint density at radius 2 is 2.04 bits per heavy atom. The Bertz CT molecular complexity index is 691. The summed E-state index contributed by atoms with van der Waals surface area (Å²) in [7, 11) is 4.09. The molecule has 1 aromatic heterocycles. The molecule has 0 spiro atoms. The Kier molecular flexibility index (Phi) is 12.2. The summed E-state index contributed by atoms with van der Waals surface area (Å²) in [6.07, 6.45) is 0. The lowest BCUT2D eigenvalue weighted by molar-refractivity contribution is 0.261. The van der Waals surface area contributed by atoms with Gasteiger partial charge in [0.05, 0.1) is 6.54 Å². The molecule has 0 amide bonds. The van der Waals surface area contributed by atoms with E-state index in [4.69, 9.17) is 9.73 Å². The minimum Gasteiger partial charge on any atom is -0.492 e. The molecule has 1 atom stereocenters. The third kappa shape index (κ3) is 9.25. The molecule has 0 saturated carbocycles. The molecule has 0 fully saturated rings. The number of likely N-dealkylation sites (N-methyl/N-ethyl adjacent to an activating group) is 1. The van der Waals surface area contributed by atoms with E-state index in [0.29, 0.717) is 19.1 Å². The summed E-state index contributed by atoms with van der Waals surface area (Å²) in [6, 6.07) is 12.5. The van der Waals surface area contributed by atoms with Crippen LogP contribution in [0.2, 0.25) is 0 Å². The molecule has 7 heteroatoms. The molecule has 2 rings (SSSR count). The van der Waals surface area contributed by atoms with Crippen LogP contribution in [0, 0.1) is 0 Å². The molecule has 0 aliphatic rings. The fourth-order valence-corrected chi connectivity index (χ4v) is 3.30. The van der Waals surface area contributed by atoms with Crippen molar-refractivity contribution in [2.45, 2.75) is 26.3 Å². The number of nitrogens with zero attached hydrogens (tertiary/aromatic N) is 2. The van der Waals surface area contributed by atoms with E-state index in [1.54, 1.807) is 11.3 Å². The second kappa shape index (κ2) is 13.8. The largest absolute Gasteiger partial charge is 0.492 e. The predicted molar refractivity (Wildman–Crippen MR) is 131 cm³/mol. The van der Waals surface area contributed by atoms with Crippen molar-refractivity contribution in [1.29, 1.82) is 0 Å². The monoisotopic (exact) mass is 516 g/mol. The Hall–Kier alpha value is -1.32. The average Bonchev–Trinajstić information content (AvgIpc) is 3.19. The first-order valence-corrected chi connectivity index (χ1v) is 10.4. The molecule has 1 aromatic carbocycles. The van der Waals surface area contributed by atoms with Crippen molar-refractivity contribution in [1.82, 2.24) is 15.5 Å². The minimum atomic E-state index is 0. The third-order valence-electron chi connectivity index (χ3n) is 4.07. The predicted octanol–water partition coefficient (Wildman–Crippen LogP) is 4.17. The number of ether oxygens (including phenoxy) is 1. The number of thiophene rings is 1. The van der Waals surface area contributed by atoms with E-state index in [-0.39, 0.29) is 24.0 Å². The van der Waals surface area contributed by atoms with Crippen LogP contribution in [-0.2, 0) is 6.54 Å². The first-order valence-electron chi connectivity index (χ1n) is 9.50. The number of nitrogens with one attached hydrogen (secondary N) is 2. The van der Waals surface area contributed by atoms with Gasteiger partial charge in [0.25, 0.3) is 0 Å². The van der Waals surface area contributed by atoms with Crippen molar-refractivity contribution < 1.29 is 4.74 Å². The van der Waals surface area contributed by atoms with Gasteiger partial charge < -0.3 is 20.3 Å². The SMILES string of the molecule is CCNC(=NCc1cccc(OCCN(C)C)c1)NCC(C)c1cccs1.I. The highest BCUT2D eigenvalue weighted by Crippen LogP contribution is 2.19. The zero-order chi connectivity index (χ0) is 19.5. The molecule has 0 bridgehead atoms. The lowest BCUT2D eigenvalue weighted by Crippen LogP contribution is -2.39. The van der Waals surface area contributed by atoms with Crippen molar-refractivity contribution in [3.8, 4) is 5.75 Å². The summed E-state index contributed by atoms with van der Waals surface area (Å²) in [5.74, 6) is 2.20. The molecule has 1 unspecified atom stereocenters. The summed E-state index contributed by atoms with van der Waals surface area (Å²) in [5, 5.41) is 8.89. The van der Waals surface area contributed by atoms with Crippen LogP contribution in [0.3, 0.4) is 0 Å². The fourth-order valence-electron chi connectivity index (χ4n) is 2.51. The maximum atomic E-state index is 5.81. The standard InChI is InChI=1S/C21H32N4OS.HI/c1-5-22-21(23-15-17(2)20-10-7-13-27-20)24-16-18-8-6-9-19(14-18)26-12-11-25(3)4;/h6-10,13-14,17H,5,11-12,15-16H2,1-4H3,(H2,22,23,24);1H. The van der Waals surface area contributed by atoms with Crippen molar-refractivity contribution in [3.05, 3.63) is 52.2 Å². The van der Waals surface area contributed by atoms with Crippen LogP contribution in [0.5, 0.6) is 5.75 Å². The highest BCUT2D eigenvalue weighted by Gasteiger charge is 2.07. The topological polar surface area (TPSA) is 48.9 Å². The maximum Gasteiger partial charge on any atom is 0.191 e. The van der Waals surface area contributed by atoms with Gasteiger partial charge in [0.15, 0.2) is 5.96 Å². The van der Waals surface area contributed by atoms with Gasteiger partial charge in [-0.1, -0.05) is 25.1 Å². The summed E-state index contributed by atoms with van der Waals surface area (Å²) in [4.78, 5) is 8.22.